The van der Waals surface area contributed by atoms with E-state index in [0.717, 1.165) is 19.0 Å². The fourth-order valence-electron chi connectivity index (χ4n) is 3.16. The zero-order valence-corrected chi connectivity index (χ0v) is 14.9. The van der Waals surface area contributed by atoms with E-state index in [-0.39, 0.29) is 23.8 Å². The lowest BCUT2D eigenvalue weighted by Gasteiger charge is -2.35. The van der Waals surface area contributed by atoms with Crippen molar-refractivity contribution in [1.29, 1.82) is 0 Å². The fourth-order valence-corrected chi connectivity index (χ4v) is 3.16. The first-order valence-corrected chi connectivity index (χ1v) is 8.80. The first-order chi connectivity index (χ1) is 13.5. The van der Waals surface area contributed by atoms with Crippen LogP contribution in [0.4, 0.5) is 30.8 Å². The van der Waals surface area contributed by atoms with Gasteiger partial charge in [0.1, 0.15) is 17.2 Å². The predicted octanol–water partition coefficient (Wildman–Crippen LogP) is 3.04. The van der Waals surface area contributed by atoms with Crippen molar-refractivity contribution >= 4 is 17.6 Å². The van der Waals surface area contributed by atoms with Crippen LogP contribution >= 0.6 is 0 Å². The molecule has 0 atom stereocenters. The van der Waals surface area contributed by atoms with Gasteiger partial charge in [-0.05, 0) is 19.8 Å². The number of nitrogens with zero attached hydrogens (tertiary/aromatic N) is 7. The third-order valence-electron chi connectivity index (χ3n) is 4.60. The highest BCUT2D eigenvalue weighted by Gasteiger charge is 2.36. The smallest absolute Gasteiger partial charge is 0.370 e. The van der Waals surface area contributed by atoms with Gasteiger partial charge in [-0.15, -0.1) is 5.10 Å². The summed E-state index contributed by atoms with van der Waals surface area (Å²) in [6.07, 6.45) is 2.99. The van der Waals surface area contributed by atoms with Crippen LogP contribution in [0.5, 0.6) is 0 Å². The van der Waals surface area contributed by atoms with E-state index in [9.17, 15) is 13.2 Å². The summed E-state index contributed by atoms with van der Waals surface area (Å²) in [7, 11) is 0. The van der Waals surface area contributed by atoms with Crippen molar-refractivity contribution in [3.63, 3.8) is 0 Å². The second-order valence-corrected chi connectivity index (χ2v) is 6.43. The van der Waals surface area contributed by atoms with Crippen molar-refractivity contribution in [2.24, 2.45) is 0 Å². The molecule has 4 rings (SSSR count). The summed E-state index contributed by atoms with van der Waals surface area (Å²) in [5, 5.41) is 17.7. The van der Waals surface area contributed by atoms with E-state index in [0.29, 0.717) is 12.4 Å². The molecule has 0 unspecified atom stereocenters. The van der Waals surface area contributed by atoms with E-state index in [4.69, 9.17) is 0 Å². The number of hydrogen-bond donors (Lipinski definition) is 2. The second kappa shape index (κ2) is 7.09. The van der Waals surface area contributed by atoms with Crippen LogP contribution in [-0.2, 0) is 6.18 Å². The number of halogens is 3. The Balaban J connectivity index is 1.50. The van der Waals surface area contributed by atoms with Crippen LogP contribution < -0.4 is 10.6 Å². The molecule has 12 heteroatoms. The van der Waals surface area contributed by atoms with Crippen molar-refractivity contribution in [3.05, 3.63) is 36.4 Å². The normalized spacial score (nSPS) is 19.3. The van der Waals surface area contributed by atoms with Crippen LogP contribution in [0.3, 0.4) is 0 Å². The highest BCUT2D eigenvalue weighted by atomic mass is 19.4. The van der Waals surface area contributed by atoms with Gasteiger partial charge in [0, 0.05) is 25.0 Å². The summed E-state index contributed by atoms with van der Waals surface area (Å²) >= 11 is 0. The van der Waals surface area contributed by atoms with E-state index < -0.39 is 11.7 Å². The molecule has 0 bridgehead atoms. The van der Waals surface area contributed by atoms with Crippen LogP contribution in [0.15, 0.2) is 30.9 Å². The van der Waals surface area contributed by atoms with Crippen molar-refractivity contribution in [2.45, 2.75) is 38.0 Å². The molecule has 28 heavy (non-hydrogen) atoms. The molecule has 3 aromatic rings. The summed E-state index contributed by atoms with van der Waals surface area (Å²) in [5.74, 6) is 0.426. The molecule has 2 N–H and O–H groups in total. The number of hydrogen-bond acceptors (Lipinski definition) is 7. The van der Waals surface area contributed by atoms with E-state index in [1.807, 2.05) is 10.9 Å². The zero-order valence-electron chi connectivity index (χ0n) is 14.9. The average molecular weight is 393 g/mol. The quantitative estimate of drug-likeness (QED) is 0.664. The van der Waals surface area contributed by atoms with Gasteiger partial charge in [0.05, 0.1) is 24.5 Å². The number of alkyl halides is 3. The topological polar surface area (TPSA) is 98.4 Å². The van der Waals surface area contributed by atoms with Gasteiger partial charge in [-0.1, -0.05) is 5.21 Å². The van der Waals surface area contributed by atoms with Crippen LogP contribution in [0.25, 0.3) is 0 Å². The number of anilines is 3. The largest absolute Gasteiger partial charge is 0.421 e. The Kier molecular flexibility index (Phi) is 4.61. The molecule has 9 nitrogen and oxygen atoms in total. The van der Waals surface area contributed by atoms with Crippen LogP contribution in [0.1, 0.15) is 37.4 Å². The number of aromatic nitrogens is 7. The molecule has 1 fully saturated rings. The van der Waals surface area contributed by atoms with Crippen molar-refractivity contribution < 1.29 is 13.2 Å². The minimum Gasteiger partial charge on any atom is -0.370 e. The highest BCUT2D eigenvalue weighted by Crippen LogP contribution is 2.42. The minimum atomic E-state index is -4.53. The minimum absolute atomic E-state index is 0.0675. The molecule has 0 amide bonds. The van der Waals surface area contributed by atoms with Crippen LogP contribution in [0, 0.1) is 0 Å². The molecule has 0 aliphatic heterocycles. The predicted molar refractivity (Wildman–Crippen MR) is 94.0 cm³/mol. The molecule has 0 saturated heterocycles. The lowest BCUT2D eigenvalue weighted by atomic mass is 9.87. The number of rotatable bonds is 6. The Morgan fingerprint density at radius 3 is 2.71 bits per heavy atom. The maximum absolute atomic E-state index is 13.1. The molecular weight excluding hydrogens is 375 g/mol. The van der Waals surface area contributed by atoms with Gasteiger partial charge < -0.3 is 10.6 Å². The maximum Gasteiger partial charge on any atom is 0.421 e. The Bertz CT molecular complexity index is 929. The first kappa shape index (κ1) is 18.2. The van der Waals surface area contributed by atoms with E-state index in [2.05, 4.69) is 36.0 Å². The average Bonchev–Trinajstić information content (AvgIpc) is 3.26. The zero-order chi connectivity index (χ0) is 19.7. The molecule has 3 aromatic heterocycles. The summed E-state index contributed by atoms with van der Waals surface area (Å²) in [6.45, 7) is 2.01. The molecule has 3 heterocycles. The lowest BCUT2D eigenvalue weighted by molar-refractivity contribution is -0.137. The Morgan fingerprint density at radius 2 is 2.04 bits per heavy atom. The van der Waals surface area contributed by atoms with Crippen molar-refractivity contribution in [3.8, 4) is 0 Å². The third-order valence-corrected chi connectivity index (χ3v) is 4.60. The molecule has 0 spiro atoms. The molecule has 1 aliphatic carbocycles. The van der Waals surface area contributed by atoms with Gasteiger partial charge in [-0.3, -0.25) is 0 Å². The SMILES string of the molecule is CCNc1nc(Nc2ccnn2C2CC(n3ccnn3)C2)ncc1C(F)(F)F. The van der Waals surface area contributed by atoms with Gasteiger partial charge in [0.25, 0.3) is 0 Å². The van der Waals surface area contributed by atoms with Gasteiger partial charge in [0.15, 0.2) is 0 Å². The molecule has 0 aromatic carbocycles. The molecule has 148 valence electrons. The molecule has 0 radical (unpaired) electrons. The Labute approximate surface area is 158 Å². The highest BCUT2D eigenvalue weighted by molar-refractivity contribution is 5.54. The van der Waals surface area contributed by atoms with E-state index >= 15 is 0 Å². The molecule has 1 aliphatic rings. The Morgan fingerprint density at radius 1 is 1.21 bits per heavy atom. The lowest BCUT2D eigenvalue weighted by Crippen LogP contribution is -2.30. The van der Waals surface area contributed by atoms with Crippen LogP contribution in [0.2, 0.25) is 0 Å². The molecular formula is C16H18F3N9. The summed E-state index contributed by atoms with van der Waals surface area (Å²) < 4.78 is 42.9. The summed E-state index contributed by atoms with van der Waals surface area (Å²) in [6, 6.07) is 2.14. The number of nitrogens with one attached hydrogen (secondary N) is 2. The van der Waals surface area contributed by atoms with Gasteiger partial charge in [0.2, 0.25) is 5.95 Å². The first-order valence-electron chi connectivity index (χ1n) is 8.80. The maximum atomic E-state index is 13.1. The van der Waals surface area contributed by atoms with Crippen LogP contribution in [-0.4, -0.2) is 41.3 Å². The monoisotopic (exact) mass is 393 g/mol. The van der Waals surface area contributed by atoms with Crippen molar-refractivity contribution in [1.82, 2.24) is 34.7 Å². The Hall–Kier alpha value is -3.18. The summed E-state index contributed by atoms with van der Waals surface area (Å²) in [4.78, 5) is 7.80. The van der Waals surface area contributed by atoms with Crippen molar-refractivity contribution in [2.75, 3.05) is 17.2 Å². The molecule has 1 saturated carbocycles. The fraction of sp³-hybridized carbons (Fsp3) is 0.438. The second-order valence-electron chi connectivity index (χ2n) is 6.43. The van der Waals surface area contributed by atoms with E-state index in [1.165, 1.54) is 0 Å². The van der Waals surface area contributed by atoms with E-state index in [1.54, 1.807) is 30.1 Å². The van der Waals surface area contributed by atoms with Gasteiger partial charge in [-0.2, -0.15) is 23.3 Å². The van der Waals surface area contributed by atoms with Gasteiger partial charge >= 0.3 is 6.18 Å². The third kappa shape index (κ3) is 3.49. The van der Waals surface area contributed by atoms with Gasteiger partial charge in [-0.25, -0.2) is 14.3 Å². The summed E-state index contributed by atoms with van der Waals surface area (Å²) in [5.41, 5.74) is -0.900. The standard InChI is InChI=1S/C16H18F3N9/c1-2-20-14-12(16(17,18)19)9-21-15(25-14)24-13-3-4-23-28(13)11-7-10(8-11)27-6-5-22-26-27/h3-6,9-11H,2,7-8H2,1H3,(H2,20,21,24,25).